The first-order chi connectivity index (χ1) is 12.4. The second-order valence-corrected chi connectivity index (χ2v) is 6.57. The van der Waals surface area contributed by atoms with Crippen molar-refractivity contribution in [3.63, 3.8) is 0 Å². The highest BCUT2D eigenvalue weighted by molar-refractivity contribution is 6.30. The average molecular weight is 380 g/mol. The van der Waals surface area contributed by atoms with Crippen molar-refractivity contribution in [2.45, 2.75) is 19.6 Å². The molecule has 0 aliphatic carbocycles. The first kappa shape index (κ1) is 18.3. The summed E-state index contributed by atoms with van der Waals surface area (Å²) in [7, 11) is 0. The topological polar surface area (TPSA) is 65.9 Å². The van der Waals surface area contributed by atoms with Crippen LogP contribution in [0.5, 0.6) is 5.88 Å². The van der Waals surface area contributed by atoms with Crippen LogP contribution >= 0.6 is 11.6 Å². The van der Waals surface area contributed by atoms with Crippen LogP contribution in [-0.4, -0.2) is 46.8 Å². The third kappa shape index (κ3) is 4.16. The number of halogens is 2. The molecule has 1 aliphatic rings. The van der Waals surface area contributed by atoms with Crippen LogP contribution in [0.3, 0.4) is 0 Å². The molecule has 6 nitrogen and oxygen atoms in total. The zero-order valence-corrected chi connectivity index (χ0v) is 15.0. The number of hydrogen-bond donors (Lipinski definition) is 1. The van der Waals surface area contributed by atoms with Crippen molar-refractivity contribution < 1.29 is 19.0 Å². The predicted molar refractivity (Wildman–Crippen MR) is 96.4 cm³/mol. The lowest BCUT2D eigenvalue weighted by atomic mass is 10.2. The molecular weight excluding hydrogens is 361 g/mol. The van der Waals surface area contributed by atoms with Crippen LogP contribution in [0.25, 0.3) is 0 Å². The van der Waals surface area contributed by atoms with Gasteiger partial charge in [-0.05, 0) is 25.1 Å². The van der Waals surface area contributed by atoms with Crippen LogP contribution in [-0.2, 0) is 6.61 Å². The number of pyridine rings is 1. The van der Waals surface area contributed by atoms with Crippen molar-refractivity contribution in [3.05, 3.63) is 52.8 Å². The molecule has 8 heteroatoms. The van der Waals surface area contributed by atoms with Crippen molar-refractivity contribution >= 4 is 23.5 Å². The molecule has 1 fully saturated rings. The summed E-state index contributed by atoms with van der Waals surface area (Å²) in [6, 6.07) is 9.66. The fourth-order valence-electron chi connectivity index (χ4n) is 2.90. The van der Waals surface area contributed by atoms with E-state index < -0.39 is 11.9 Å². The molecule has 0 bridgehead atoms. The number of anilines is 1. The Morgan fingerprint density at radius 1 is 1.38 bits per heavy atom. The first-order valence-corrected chi connectivity index (χ1v) is 8.60. The Hall–Kier alpha value is -2.54. The fourth-order valence-corrected chi connectivity index (χ4v) is 3.06. The van der Waals surface area contributed by atoms with Crippen molar-refractivity contribution in [2.24, 2.45) is 0 Å². The number of benzene rings is 1. The normalized spacial score (nSPS) is 17.3. The lowest BCUT2D eigenvalue weighted by Crippen LogP contribution is -2.53. The number of ether oxygens (including phenoxy) is 1. The van der Waals surface area contributed by atoms with Gasteiger partial charge in [-0.2, -0.15) is 4.98 Å². The largest absolute Gasteiger partial charge is 0.473 e. The van der Waals surface area contributed by atoms with E-state index in [-0.39, 0.29) is 12.6 Å². The summed E-state index contributed by atoms with van der Waals surface area (Å²) in [6.07, 6.45) is -0.910. The van der Waals surface area contributed by atoms with E-state index in [1.165, 1.54) is 11.0 Å². The van der Waals surface area contributed by atoms with E-state index >= 15 is 0 Å². The van der Waals surface area contributed by atoms with Crippen molar-refractivity contribution in [1.82, 2.24) is 9.88 Å². The van der Waals surface area contributed by atoms with E-state index in [4.69, 9.17) is 21.4 Å². The zero-order valence-electron chi connectivity index (χ0n) is 14.2. The molecule has 1 N–H and O–H groups in total. The Morgan fingerprint density at radius 3 is 2.88 bits per heavy atom. The Morgan fingerprint density at radius 2 is 2.19 bits per heavy atom. The monoisotopic (exact) mass is 379 g/mol. The molecule has 1 saturated heterocycles. The van der Waals surface area contributed by atoms with Crippen LogP contribution < -0.4 is 9.64 Å². The Labute approximate surface area is 155 Å². The summed E-state index contributed by atoms with van der Waals surface area (Å²) in [4.78, 5) is 19.0. The van der Waals surface area contributed by atoms with E-state index in [9.17, 15) is 9.18 Å². The third-order valence-electron chi connectivity index (χ3n) is 4.30. The van der Waals surface area contributed by atoms with Crippen LogP contribution in [0.4, 0.5) is 15.0 Å². The number of carbonyl (C=O) groups is 1. The van der Waals surface area contributed by atoms with Gasteiger partial charge >= 0.3 is 6.09 Å². The summed E-state index contributed by atoms with van der Waals surface area (Å²) < 4.78 is 19.4. The quantitative estimate of drug-likeness (QED) is 0.878. The number of rotatable bonds is 4. The summed E-state index contributed by atoms with van der Waals surface area (Å²) in [6.45, 7) is 3.43. The number of aromatic nitrogens is 1. The molecule has 0 saturated carbocycles. The van der Waals surface area contributed by atoms with Crippen molar-refractivity contribution in [3.8, 4) is 5.88 Å². The average Bonchev–Trinajstić information content (AvgIpc) is 2.61. The highest BCUT2D eigenvalue weighted by Gasteiger charge is 2.27. The molecular formula is C18H19ClFN3O3. The van der Waals surface area contributed by atoms with Crippen LogP contribution in [0, 0.1) is 5.82 Å². The Balaban J connectivity index is 1.66. The Kier molecular flexibility index (Phi) is 5.46. The minimum atomic E-state index is -0.910. The highest BCUT2D eigenvalue weighted by Crippen LogP contribution is 2.21. The van der Waals surface area contributed by atoms with E-state index in [0.717, 1.165) is 0 Å². The maximum atomic E-state index is 13.8. The number of hydrogen-bond acceptors (Lipinski definition) is 4. The molecule has 2 heterocycles. The molecule has 1 aromatic carbocycles. The number of carboxylic acid groups (broad SMARTS) is 1. The van der Waals surface area contributed by atoms with Crippen LogP contribution in [0.2, 0.25) is 5.02 Å². The minimum Gasteiger partial charge on any atom is -0.473 e. The van der Waals surface area contributed by atoms with Gasteiger partial charge in [0.2, 0.25) is 5.88 Å². The summed E-state index contributed by atoms with van der Waals surface area (Å²) in [5.41, 5.74) is 0.394. The lowest BCUT2D eigenvalue weighted by Gasteiger charge is -2.38. The maximum absolute atomic E-state index is 13.8. The van der Waals surface area contributed by atoms with Gasteiger partial charge in [0.25, 0.3) is 0 Å². The molecule has 3 rings (SSSR count). The molecule has 26 heavy (non-hydrogen) atoms. The van der Waals surface area contributed by atoms with Crippen LogP contribution in [0.1, 0.15) is 12.5 Å². The van der Waals surface area contributed by atoms with Gasteiger partial charge < -0.3 is 19.6 Å². The highest BCUT2D eigenvalue weighted by atomic mass is 35.5. The maximum Gasteiger partial charge on any atom is 0.407 e. The standard InChI is InChI=1S/C18H19ClFN3O3/c1-12-10-22(7-8-23(12)18(24)25)16-3-2-4-17(21-16)26-11-13-5-6-14(19)9-15(13)20/h2-6,9,12H,7-8,10-11H2,1H3,(H,24,25). The van der Waals surface area contributed by atoms with E-state index in [2.05, 4.69) is 4.98 Å². The molecule has 0 radical (unpaired) electrons. The second kappa shape index (κ2) is 7.78. The van der Waals surface area contributed by atoms with Crippen molar-refractivity contribution in [1.29, 1.82) is 0 Å². The SMILES string of the molecule is CC1CN(c2cccc(OCc3ccc(Cl)cc3F)n2)CCN1C(=O)O. The molecule has 1 amide bonds. The first-order valence-electron chi connectivity index (χ1n) is 8.22. The summed E-state index contributed by atoms with van der Waals surface area (Å²) in [5, 5.41) is 9.49. The van der Waals surface area contributed by atoms with Gasteiger partial charge in [0.05, 0.1) is 0 Å². The van der Waals surface area contributed by atoms with Gasteiger partial charge in [-0.25, -0.2) is 9.18 Å². The number of piperazine rings is 1. The van der Waals surface area contributed by atoms with E-state index in [1.807, 2.05) is 24.0 Å². The minimum absolute atomic E-state index is 0.0443. The molecule has 1 unspecified atom stereocenters. The molecule has 2 aromatic rings. The van der Waals surface area contributed by atoms with Gasteiger partial charge in [-0.3, -0.25) is 0 Å². The Bertz CT molecular complexity index is 805. The summed E-state index contributed by atoms with van der Waals surface area (Å²) in [5.74, 6) is 0.661. The number of nitrogens with zero attached hydrogens (tertiary/aromatic N) is 3. The molecule has 1 atom stereocenters. The number of amides is 1. The third-order valence-corrected chi connectivity index (χ3v) is 4.53. The van der Waals surface area contributed by atoms with E-state index in [0.29, 0.717) is 41.9 Å². The fraction of sp³-hybridized carbons (Fsp3) is 0.333. The second-order valence-electron chi connectivity index (χ2n) is 6.13. The van der Waals surface area contributed by atoms with Gasteiger partial charge in [-0.1, -0.05) is 23.7 Å². The molecule has 138 valence electrons. The van der Waals surface area contributed by atoms with Gasteiger partial charge in [0, 0.05) is 42.3 Å². The molecule has 0 spiro atoms. The van der Waals surface area contributed by atoms with Gasteiger partial charge in [-0.15, -0.1) is 0 Å². The van der Waals surface area contributed by atoms with Gasteiger partial charge in [0.15, 0.2) is 0 Å². The molecule has 1 aliphatic heterocycles. The lowest BCUT2D eigenvalue weighted by molar-refractivity contribution is 0.122. The smallest absolute Gasteiger partial charge is 0.407 e. The van der Waals surface area contributed by atoms with Gasteiger partial charge in [0.1, 0.15) is 18.2 Å². The summed E-state index contributed by atoms with van der Waals surface area (Å²) >= 11 is 5.74. The molecule has 1 aromatic heterocycles. The van der Waals surface area contributed by atoms with Crippen LogP contribution in [0.15, 0.2) is 36.4 Å². The van der Waals surface area contributed by atoms with Crippen molar-refractivity contribution in [2.75, 3.05) is 24.5 Å². The zero-order chi connectivity index (χ0) is 18.7. The van der Waals surface area contributed by atoms with E-state index in [1.54, 1.807) is 18.2 Å². The predicted octanol–water partition coefficient (Wildman–Crippen LogP) is 3.64.